The first kappa shape index (κ1) is 18.3. The number of anilines is 3. The van der Waals surface area contributed by atoms with Crippen LogP contribution in [0.5, 0.6) is 0 Å². The second-order valence-electron chi connectivity index (χ2n) is 7.73. The van der Waals surface area contributed by atoms with Gasteiger partial charge in [-0.15, -0.1) is 11.3 Å². The zero-order chi connectivity index (χ0) is 19.8. The van der Waals surface area contributed by atoms with Crippen LogP contribution in [0.4, 0.5) is 21.3 Å². The van der Waals surface area contributed by atoms with Crippen molar-refractivity contribution in [3.05, 3.63) is 41.5 Å². The average molecular weight is 410 g/mol. The molecule has 1 unspecified atom stereocenters. The highest BCUT2D eigenvalue weighted by atomic mass is 32.1. The Morgan fingerprint density at radius 1 is 1.17 bits per heavy atom. The molecule has 3 aromatic rings. The van der Waals surface area contributed by atoms with E-state index in [1.54, 1.807) is 17.5 Å². The molecule has 29 heavy (non-hydrogen) atoms. The molecule has 2 aliphatic rings. The van der Waals surface area contributed by atoms with Gasteiger partial charge in [-0.2, -0.15) is 0 Å². The van der Waals surface area contributed by atoms with Gasteiger partial charge in [-0.25, -0.2) is 9.78 Å². The van der Waals surface area contributed by atoms with Crippen molar-refractivity contribution in [1.82, 2.24) is 9.97 Å². The third-order valence-electron chi connectivity index (χ3n) is 5.73. The molecule has 7 nitrogen and oxygen atoms in total. The largest absolute Gasteiger partial charge is 0.391 e. The SMILES string of the molecule is O=C(Nc1ccc2nccc(N3CCC(O)C3)c2c1)Nc1ncc(C2CCC2)s1. The lowest BCUT2D eigenvalue weighted by molar-refractivity contribution is 0.198. The minimum Gasteiger partial charge on any atom is -0.391 e. The number of hydrogen-bond acceptors (Lipinski definition) is 6. The molecule has 0 radical (unpaired) electrons. The molecule has 3 heterocycles. The molecule has 5 rings (SSSR count). The summed E-state index contributed by atoms with van der Waals surface area (Å²) in [6.45, 7) is 1.43. The number of nitrogens with zero attached hydrogens (tertiary/aromatic N) is 3. The number of pyridine rings is 1. The van der Waals surface area contributed by atoms with Crippen LogP contribution in [0, 0.1) is 0 Å². The summed E-state index contributed by atoms with van der Waals surface area (Å²) >= 11 is 1.55. The maximum atomic E-state index is 12.5. The van der Waals surface area contributed by atoms with Gasteiger partial charge in [0.25, 0.3) is 0 Å². The van der Waals surface area contributed by atoms with E-state index in [2.05, 4.69) is 25.5 Å². The van der Waals surface area contributed by atoms with Crippen molar-refractivity contribution in [2.24, 2.45) is 0 Å². The fourth-order valence-corrected chi connectivity index (χ4v) is 4.91. The molecule has 1 saturated heterocycles. The lowest BCUT2D eigenvalue weighted by atomic mass is 9.85. The van der Waals surface area contributed by atoms with Gasteiger partial charge in [0.1, 0.15) is 0 Å². The number of carbonyl (C=O) groups is 1. The Bertz CT molecular complexity index is 1050. The van der Waals surface area contributed by atoms with Crippen LogP contribution in [-0.4, -0.2) is 40.3 Å². The summed E-state index contributed by atoms with van der Waals surface area (Å²) in [4.78, 5) is 24.6. The number of fused-ring (bicyclic) bond motifs is 1. The van der Waals surface area contributed by atoms with Gasteiger partial charge >= 0.3 is 6.03 Å². The van der Waals surface area contributed by atoms with E-state index in [0.29, 0.717) is 23.3 Å². The molecule has 8 heteroatoms. The van der Waals surface area contributed by atoms with Crippen molar-refractivity contribution in [2.45, 2.75) is 37.7 Å². The third kappa shape index (κ3) is 3.77. The molecule has 0 bridgehead atoms. The van der Waals surface area contributed by atoms with E-state index < -0.39 is 0 Å². The summed E-state index contributed by atoms with van der Waals surface area (Å²) in [6, 6.07) is 7.34. The van der Waals surface area contributed by atoms with Gasteiger partial charge in [0.2, 0.25) is 0 Å². The summed E-state index contributed by atoms with van der Waals surface area (Å²) in [6.07, 6.45) is 7.84. The summed E-state index contributed by atoms with van der Waals surface area (Å²) in [5.74, 6) is 0.613. The van der Waals surface area contributed by atoms with E-state index >= 15 is 0 Å². The van der Waals surface area contributed by atoms with Gasteiger partial charge < -0.3 is 15.3 Å². The van der Waals surface area contributed by atoms with Gasteiger partial charge in [-0.1, -0.05) is 6.42 Å². The van der Waals surface area contributed by atoms with Crippen LogP contribution in [0.1, 0.15) is 36.5 Å². The number of aliphatic hydroxyl groups excluding tert-OH is 1. The lowest BCUT2D eigenvalue weighted by Gasteiger charge is -2.23. The number of amides is 2. The molecule has 1 aromatic carbocycles. The molecule has 1 aliphatic carbocycles. The quantitative estimate of drug-likeness (QED) is 0.602. The Balaban J connectivity index is 1.32. The summed E-state index contributed by atoms with van der Waals surface area (Å²) in [5, 5.41) is 17.2. The number of β-amino-alcohol motifs (C(OH)–C–C–N with tert-alkyl or cyclic N) is 1. The molecular weight excluding hydrogens is 386 g/mol. The molecular formula is C21H23N5O2S. The van der Waals surface area contributed by atoms with E-state index in [1.807, 2.05) is 30.5 Å². The fraction of sp³-hybridized carbons (Fsp3) is 0.381. The zero-order valence-electron chi connectivity index (χ0n) is 16.0. The number of benzene rings is 1. The number of aromatic nitrogens is 2. The van der Waals surface area contributed by atoms with Crippen LogP contribution in [0.2, 0.25) is 0 Å². The first-order chi connectivity index (χ1) is 14.2. The highest BCUT2D eigenvalue weighted by molar-refractivity contribution is 7.15. The molecule has 1 aliphatic heterocycles. The summed E-state index contributed by atoms with van der Waals surface area (Å²) < 4.78 is 0. The molecule has 2 fully saturated rings. The van der Waals surface area contributed by atoms with Gasteiger partial charge in [0.05, 0.1) is 11.6 Å². The number of rotatable bonds is 4. The van der Waals surface area contributed by atoms with E-state index in [9.17, 15) is 9.90 Å². The second kappa shape index (κ2) is 7.61. The van der Waals surface area contributed by atoms with Crippen LogP contribution < -0.4 is 15.5 Å². The Morgan fingerprint density at radius 2 is 2.07 bits per heavy atom. The van der Waals surface area contributed by atoms with Crippen LogP contribution in [0.25, 0.3) is 10.9 Å². The molecule has 2 aromatic heterocycles. The lowest BCUT2D eigenvalue weighted by Crippen LogP contribution is -2.21. The summed E-state index contributed by atoms with van der Waals surface area (Å²) in [7, 11) is 0. The van der Waals surface area contributed by atoms with Crippen molar-refractivity contribution in [3.63, 3.8) is 0 Å². The Hall–Kier alpha value is -2.71. The van der Waals surface area contributed by atoms with Crippen LogP contribution in [0.3, 0.4) is 0 Å². The minimum atomic E-state index is -0.305. The van der Waals surface area contributed by atoms with Crippen molar-refractivity contribution >= 4 is 44.8 Å². The van der Waals surface area contributed by atoms with E-state index in [4.69, 9.17) is 0 Å². The highest BCUT2D eigenvalue weighted by Crippen LogP contribution is 2.40. The molecule has 150 valence electrons. The van der Waals surface area contributed by atoms with Crippen molar-refractivity contribution in [1.29, 1.82) is 0 Å². The van der Waals surface area contributed by atoms with E-state index in [0.717, 1.165) is 29.6 Å². The standard InChI is InChI=1S/C21H23N5O2S/c27-15-7-9-26(12-15)18-6-8-22-17-5-4-14(10-16(17)18)24-20(28)25-21-23-11-19(29-21)13-2-1-3-13/h4-6,8,10-11,13,15,27H,1-3,7,9,12H2,(H2,23,24,25,28). The van der Waals surface area contributed by atoms with Crippen LogP contribution in [-0.2, 0) is 0 Å². The van der Waals surface area contributed by atoms with Crippen LogP contribution in [0.15, 0.2) is 36.7 Å². The number of hydrogen-bond donors (Lipinski definition) is 3. The maximum absolute atomic E-state index is 12.5. The molecule has 0 spiro atoms. The second-order valence-corrected chi connectivity index (χ2v) is 8.79. The molecule has 1 atom stereocenters. The maximum Gasteiger partial charge on any atom is 0.325 e. The Morgan fingerprint density at radius 3 is 2.83 bits per heavy atom. The van der Waals surface area contributed by atoms with Gasteiger partial charge in [0.15, 0.2) is 5.13 Å². The molecule has 2 amide bonds. The normalized spacial score (nSPS) is 19.3. The molecule has 1 saturated carbocycles. The predicted octanol–water partition coefficient (Wildman–Crippen LogP) is 4.17. The predicted molar refractivity (Wildman–Crippen MR) is 116 cm³/mol. The Kier molecular flexibility index (Phi) is 4.81. The average Bonchev–Trinajstić information content (AvgIpc) is 3.29. The monoisotopic (exact) mass is 409 g/mol. The van der Waals surface area contributed by atoms with Crippen molar-refractivity contribution in [2.75, 3.05) is 28.6 Å². The van der Waals surface area contributed by atoms with Crippen molar-refractivity contribution in [3.8, 4) is 0 Å². The topological polar surface area (TPSA) is 90.4 Å². The van der Waals surface area contributed by atoms with Crippen molar-refractivity contribution < 1.29 is 9.90 Å². The molecule has 3 N–H and O–H groups in total. The van der Waals surface area contributed by atoms with E-state index in [-0.39, 0.29) is 12.1 Å². The number of urea groups is 1. The van der Waals surface area contributed by atoms with Gasteiger partial charge in [-0.3, -0.25) is 10.3 Å². The van der Waals surface area contributed by atoms with E-state index in [1.165, 1.54) is 24.1 Å². The number of thiazole rings is 1. The number of carbonyl (C=O) groups excluding carboxylic acids is 1. The van der Waals surface area contributed by atoms with Gasteiger partial charge in [-0.05, 0) is 49.4 Å². The Labute approximate surface area is 172 Å². The number of nitrogens with one attached hydrogen (secondary N) is 2. The first-order valence-corrected chi connectivity index (χ1v) is 10.8. The van der Waals surface area contributed by atoms with Crippen LogP contribution >= 0.6 is 11.3 Å². The summed E-state index contributed by atoms with van der Waals surface area (Å²) in [5.41, 5.74) is 2.58. The number of aliphatic hydroxyl groups is 1. The minimum absolute atomic E-state index is 0.298. The third-order valence-corrected chi connectivity index (χ3v) is 6.81. The zero-order valence-corrected chi connectivity index (χ0v) is 16.8. The smallest absolute Gasteiger partial charge is 0.325 e. The first-order valence-electron chi connectivity index (χ1n) is 10.0. The highest BCUT2D eigenvalue weighted by Gasteiger charge is 2.23. The fourth-order valence-electron chi connectivity index (χ4n) is 3.93. The van der Waals surface area contributed by atoms with Gasteiger partial charge in [0, 0.05) is 47.1 Å².